The van der Waals surface area contributed by atoms with Crippen LogP contribution in [0.3, 0.4) is 0 Å². The first kappa shape index (κ1) is 18.7. The molecule has 1 fully saturated rings. The molecule has 1 aliphatic rings. The molecule has 0 bridgehead atoms. The molecule has 6 heteroatoms. The molecule has 0 aliphatic carbocycles. The Bertz CT molecular complexity index is 658. The molecule has 0 saturated carbocycles. The van der Waals surface area contributed by atoms with Crippen LogP contribution in [-0.4, -0.2) is 44.7 Å². The van der Waals surface area contributed by atoms with Crippen molar-refractivity contribution in [1.82, 2.24) is 10.2 Å². The Morgan fingerprint density at radius 1 is 1.24 bits per heavy atom. The summed E-state index contributed by atoms with van der Waals surface area (Å²) in [7, 11) is 3.18. The topological polar surface area (TPSA) is 74.6 Å². The van der Waals surface area contributed by atoms with Crippen molar-refractivity contribution < 1.29 is 14.3 Å². The van der Waals surface area contributed by atoms with Crippen molar-refractivity contribution in [2.24, 2.45) is 0 Å². The molecule has 0 spiro atoms. The fraction of sp³-hybridized carbons (Fsp3) is 0.474. The van der Waals surface area contributed by atoms with Gasteiger partial charge in [-0.2, -0.15) is 5.26 Å². The van der Waals surface area contributed by atoms with Crippen molar-refractivity contribution in [1.29, 1.82) is 5.26 Å². The fourth-order valence-corrected chi connectivity index (χ4v) is 2.82. The maximum atomic E-state index is 12.2. The number of methoxy groups -OCH3 is 2. The number of rotatable bonds is 7. The second-order valence-electron chi connectivity index (χ2n) is 5.95. The van der Waals surface area contributed by atoms with Gasteiger partial charge in [0.05, 0.1) is 14.2 Å². The Balaban J connectivity index is 1.88. The zero-order valence-electron chi connectivity index (χ0n) is 14.9. The first-order valence-corrected chi connectivity index (χ1v) is 8.53. The number of hydrogen-bond donors (Lipinski definition) is 1. The third-order valence-corrected chi connectivity index (χ3v) is 4.21. The molecule has 1 aromatic rings. The van der Waals surface area contributed by atoms with E-state index in [9.17, 15) is 10.1 Å². The first-order chi connectivity index (χ1) is 12.2. The van der Waals surface area contributed by atoms with E-state index in [4.69, 9.17) is 9.47 Å². The summed E-state index contributed by atoms with van der Waals surface area (Å²) in [6.45, 7) is 2.27. The molecule has 0 aromatic heterocycles. The van der Waals surface area contributed by atoms with Gasteiger partial charge < -0.3 is 19.7 Å². The maximum Gasteiger partial charge on any atom is 0.263 e. The van der Waals surface area contributed by atoms with Crippen molar-refractivity contribution >= 4 is 5.91 Å². The number of hydrogen-bond acceptors (Lipinski definition) is 5. The molecule has 0 radical (unpaired) electrons. The Kier molecular flexibility index (Phi) is 7.15. The van der Waals surface area contributed by atoms with Crippen LogP contribution in [0.5, 0.6) is 11.5 Å². The van der Waals surface area contributed by atoms with Crippen LogP contribution in [-0.2, 0) is 11.2 Å². The van der Waals surface area contributed by atoms with Gasteiger partial charge in [0.2, 0.25) is 0 Å². The number of likely N-dealkylation sites (tertiary alicyclic amines) is 1. The normalized spacial score (nSPS) is 14.6. The largest absolute Gasteiger partial charge is 0.493 e. The Labute approximate surface area is 149 Å². The summed E-state index contributed by atoms with van der Waals surface area (Å²) in [5.41, 5.74) is 1.19. The number of ether oxygens (including phenoxy) is 2. The molecule has 6 nitrogen and oxygen atoms in total. The van der Waals surface area contributed by atoms with E-state index in [2.05, 4.69) is 10.2 Å². The third kappa shape index (κ3) is 5.42. The average Bonchev–Trinajstić information content (AvgIpc) is 2.66. The van der Waals surface area contributed by atoms with Gasteiger partial charge in [-0.05, 0) is 43.4 Å². The standard InChI is InChI=1S/C19H25N3O3/c1-24-17-7-6-15(12-18(17)25-2)8-9-21-19(23)16(13-20)14-22-10-4-3-5-11-22/h6-7,12,14H,3-5,8-11H2,1-2H3,(H,21,23)/b16-14-. The number of nitriles is 1. The molecule has 1 N–H and O–H groups in total. The lowest BCUT2D eigenvalue weighted by Crippen LogP contribution is -2.30. The summed E-state index contributed by atoms with van der Waals surface area (Å²) in [5.74, 6) is 1.01. The van der Waals surface area contributed by atoms with Gasteiger partial charge in [0.25, 0.3) is 5.91 Å². The van der Waals surface area contributed by atoms with Gasteiger partial charge in [-0.25, -0.2) is 0 Å². The van der Waals surface area contributed by atoms with Crippen molar-refractivity contribution in [3.8, 4) is 17.6 Å². The van der Waals surface area contributed by atoms with Gasteiger partial charge >= 0.3 is 0 Å². The summed E-state index contributed by atoms with van der Waals surface area (Å²) in [5, 5.41) is 12.0. The minimum absolute atomic E-state index is 0.161. The molecule has 2 rings (SSSR count). The van der Waals surface area contributed by atoms with E-state index in [1.165, 1.54) is 6.42 Å². The fourth-order valence-electron chi connectivity index (χ4n) is 2.82. The predicted octanol–water partition coefficient (Wildman–Crippen LogP) is 2.26. The summed E-state index contributed by atoms with van der Waals surface area (Å²) < 4.78 is 10.5. The van der Waals surface area contributed by atoms with E-state index in [-0.39, 0.29) is 11.5 Å². The zero-order valence-corrected chi connectivity index (χ0v) is 14.9. The summed E-state index contributed by atoms with van der Waals surface area (Å²) in [6, 6.07) is 7.66. The maximum absolute atomic E-state index is 12.2. The lowest BCUT2D eigenvalue weighted by molar-refractivity contribution is -0.117. The van der Waals surface area contributed by atoms with Crippen LogP contribution in [0.2, 0.25) is 0 Å². The molecule has 0 unspecified atom stereocenters. The SMILES string of the molecule is COc1ccc(CCNC(=O)/C(C#N)=C\N2CCCCC2)cc1OC. The smallest absolute Gasteiger partial charge is 0.263 e. The van der Waals surface area contributed by atoms with E-state index < -0.39 is 0 Å². The van der Waals surface area contributed by atoms with E-state index in [0.717, 1.165) is 31.5 Å². The number of benzene rings is 1. The monoisotopic (exact) mass is 343 g/mol. The highest BCUT2D eigenvalue weighted by Gasteiger charge is 2.13. The lowest BCUT2D eigenvalue weighted by atomic mass is 10.1. The van der Waals surface area contributed by atoms with Crippen LogP contribution in [0, 0.1) is 11.3 Å². The zero-order chi connectivity index (χ0) is 18.1. The second kappa shape index (κ2) is 9.58. The molecule has 1 aromatic carbocycles. The van der Waals surface area contributed by atoms with Crippen molar-refractivity contribution in [2.75, 3.05) is 33.9 Å². The highest BCUT2D eigenvalue weighted by Crippen LogP contribution is 2.27. The minimum Gasteiger partial charge on any atom is -0.493 e. The van der Waals surface area contributed by atoms with Crippen LogP contribution in [0.4, 0.5) is 0 Å². The van der Waals surface area contributed by atoms with Crippen LogP contribution in [0.15, 0.2) is 30.0 Å². The Morgan fingerprint density at radius 2 is 1.96 bits per heavy atom. The molecule has 25 heavy (non-hydrogen) atoms. The van der Waals surface area contributed by atoms with Gasteiger partial charge in [0, 0.05) is 25.8 Å². The molecular formula is C19H25N3O3. The molecule has 1 amide bonds. The van der Waals surface area contributed by atoms with Gasteiger partial charge in [0.15, 0.2) is 11.5 Å². The summed E-state index contributed by atoms with van der Waals surface area (Å²) >= 11 is 0. The first-order valence-electron chi connectivity index (χ1n) is 8.53. The van der Waals surface area contributed by atoms with Gasteiger partial charge in [-0.15, -0.1) is 0 Å². The van der Waals surface area contributed by atoms with Crippen LogP contribution < -0.4 is 14.8 Å². The number of amides is 1. The third-order valence-electron chi connectivity index (χ3n) is 4.21. The molecule has 134 valence electrons. The molecule has 0 atom stereocenters. The second-order valence-corrected chi connectivity index (χ2v) is 5.95. The molecule has 1 saturated heterocycles. The van der Waals surface area contributed by atoms with Crippen molar-refractivity contribution in [3.63, 3.8) is 0 Å². The minimum atomic E-state index is -0.325. The number of nitrogens with one attached hydrogen (secondary N) is 1. The Morgan fingerprint density at radius 3 is 2.60 bits per heavy atom. The highest BCUT2D eigenvalue weighted by atomic mass is 16.5. The van der Waals surface area contributed by atoms with E-state index in [1.54, 1.807) is 20.4 Å². The van der Waals surface area contributed by atoms with Crippen molar-refractivity contribution in [2.45, 2.75) is 25.7 Å². The average molecular weight is 343 g/mol. The van der Waals surface area contributed by atoms with Gasteiger partial charge in [0.1, 0.15) is 11.6 Å². The van der Waals surface area contributed by atoms with Crippen LogP contribution in [0.25, 0.3) is 0 Å². The number of piperidine rings is 1. The number of carbonyl (C=O) groups is 1. The van der Waals surface area contributed by atoms with Crippen LogP contribution >= 0.6 is 0 Å². The summed E-state index contributed by atoms with van der Waals surface area (Å²) in [4.78, 5) is 14.2. The predicted molar refractivity (Wildman–Crippen MR) is 95.4 cm³/mol. The summed E-state index contributed by atoms with van der Waals surface area (Å²) in [6.07, 6.45) is 5.76. The molecule has 1 heterocycles. The van der Waals surface area contributed by atoms with Crippen LogP contribution in [0.1, 0.15) is 24.8 Å². The van der Waals surface area contributed by atoms with Gasteiger partial charge in [-0.3, -0.25) is 4.79 Å². The van der Waals surface area contributed by atoms with E-state index >= 15 is 0 Å². The van der Waals surface area contributed by atoms with Gasteiger partial charge in [-0.1, -0.05) is 6.07 Å². The quantitative estimate of drug-likeness (QED) is 0.607. The number of nitrogens with zero attached hydrogens (tertiary/aromatic N) is 2. The van der Waals surface area contributed by atoms with E-state index in [0.29, 0.717) is 24.5 Å². The Hall–Kier alpha value is -2.68. The molecular weight excluding hydrogens is 318 g/mol. The highest BCUT2D eigenvalue weighted by molar-refractivity contribution is 5.97. The van der Waals surface area contributed by atoms with Crippen molar-refractivity contribution in [3.05, 3.63) is 35.5 Å². The number of carbonyl (C=O) groups excluding carboxylic acids is 1. The van der Waals surface area contributed by atoms with E-state index in [1.807, 2.05) is 24.3 Å². The lowest BCUT2D eigenvalue weighted by Gasteiger charge is -2.25. The molecule has 1 aliphatic heterocycles.